The highest BCUT2D eigenvalue weighted by molar-refractivity contribution is 5.79. The molecule has 220 valence electrons. The third kappa shape index (κ3) is 5.76. The molecule has 2 saturated heterocycles. The van der Waals surface area contributed by atoms with Gasteiger partial charge in [0.15, 0.2) is 5.82 Å². The second-order valence-electron chi connectivity index (χ2n) is 11.7. The van der Waals surface area contributed by atoms with Crippen LogP contribution < -0.4 is 5.56 Å². The van der Waals surface area contributed by atoms with Crippen LogP contribution >= 0.6 is 0 Å². The molecular weight excluding hydrogens is 538 g/mol. The van der Waals surface area contributed by atoms with Crippen LogP contribution in [-0.2, 0) is 11.3 Å². The highest BCUT2D eigenvalue weighted by atomic mass is 16.5. The minimum absolute atomic E-state index is 0.0788. The van der Waals surface area contributed by atoms with Crippen molar-refractivity contribution in [2.75, 3.05) is 32.8 Å². The zero-order chi connectivity index (χ0) is 29.2. The molecule has 9 heteroatoms. The van der Waals surface area contributed by atoms with Crippen molar-refractivity contribution in [3.8, 4) is 0 Å². The number of H-pyrrole nitrogens is 1. The summed E-state index contributed by atoms with van der Waals surface area (Å²) in [5.74, 6) is 0.684. The lowest BCUT2D eigenvalue weighted by molar-refractivity contribution is 0.0778. The normalized spacial score (nSPS) is 18.9. The number of tetrazole rings is 1. The lowest BCUT2D eigenvalue weighted by Crippen LogP contribution is -2.50. The van der Waals surface area contributed by atoms with E-state index in [-0.39, 0.29) is 23.7 Å². The van der Waals surface area contributed by atoms with Crippen LogP contribution in [0, 0.1) is 6.92 Å². The van der Waals surface area contributed by atoms with Gasteiger partial charge in [-0.1, -0.05) is 72.8 Å². The average molecular weight is 576 g/mol. The van der Waals surface area contributed by atoms with E-state index in [1.54, 1.807) is 0 Å². The molecule has 4 heterocycles. The summed E-state index contributed by atoms with van der Waals surface area (Å²) in [7, 11) is 0. The molecule has 1 N–H and O–H groups in total. The van der Waals surface area contributed by atoms with Crippen molar-refractivity contribution in [1.29, 1.82) is 0 Å². The highest BCUT2D eigenvalue weighted by Gasteiger charge is 2.35. The Balaban J connectivity index is 1.23. The molecule has 2 fully saturated rings. The second-order valence-corrected chi connectivity index (χ2v) is 11.7. The van der Waals surface area contributed by atoms with E-state index in [9.17, 15) is 4.79 Å². The Hall–Kier alpha value is -4.18. The molecule has 0 aliphatic carbocycles. The molecule has 2 atom stereocenters. The largest absolute Gasteiger partial charge is 0.376 e. The van der Waals surface area contributed by atoms with Crippen molar-refractivity contribution in [3.63, 3.8) is 0 Å². The summed E-state index contributed by atoms with van der Waals surface area (Å²) in [4.78, 5) is 21.8. The Bertz CT molecular complexity index is 1680. The molecule has 0 radical (unpaired) electrons. The average Bonchev–Trinajstić information content (AvgIpc) is 3.72. The molecule has 0 bridgehead atoms. The Labute approximate surface area is 251 Å². The molecule has 9 nitrogen and oxygen atoms in total. The third-order valence-electron chi connectivity index (χ3n) is 8.84. The molecule has 7 rings (SSSR count). The molecule has 5 aromatic rings. The number of rotatable bonds is 8. The van der Waals surface area contributed by atoms with Crippen LogP contribution in [0.5, 0.6) is 0 Å². The first-order valence-corrected chi connectivity index (χ1v) is 15.2. The summed E-state index contributed by atoms with van der Waals surface area (Å²) in [6.07, 6.45) is 2.11. The number of ether oxygens (including phenoxy) is 1. The Morgan fingerprint density at radius 3 is 2.21 bits per heavy atom. The Kier molecular flexibility index (Phi) is 7.84. The zero-order valence-corrected chi connectivity index (χ0v) is 24.5. The smallest absolute Gasteiger partial charge is 0.253 e. The SMILES string of the molecule is Cc1ccc2cc([C@H](c3nnnn3C[C@H]3CCCO3)N3CCN(C(c4ccccc4)c4ccccc4)CC3)c(=O)[nH]c2c1. The maximum Gasteiger partial charge on any atom is 0.253 e. The first-order valence-electron chi connectivity index (χ1n) is 15.2. The van der Waals surface area contributed by atoms with Crippen molar-refractivity contribution in [3.05, 3.63) is 123 Å². The van der Waals surface area contributed by atoms with E-state index in [4.69, 9.17) is 4.74 Å². The van der Waals surface area contributed by atoms with Gasteiger partial charge < -0.3 is 9.72 Å². The molecule has 2 aliphatic heterocycles. The molecule has 0 spiro atoms. The van der Waals surface area contributed by atoms with Crippen LogP contribution in [0.25, 0.3) is 10.9 Å². The van der Waals surface area contributed by atoms with Crippen LogP contribution in [-0.4, -0.2) is 73.9 Å². The standard InChI is InChI=1S/C34H37N7O2/c1-24-14-15-27-22-29(34(42)35-30(27)21-24)32(33-36-37-38-41(33)23-28-13-8-20-43-28)40-18-16-39(17-19-40)31(25-9-4-2-5-10-25)26-11-6-3-7-12-26/h2-7,9-12,14-15,21-22,28,31-32H,8,13,16-20,23H2,1H3,(H,35,42)/t28-,32-/m1/s1. The van der Waals surface area contributed by atoms with Gasteiger partial charge in [0.2, 0.25) is 0 Å². The molecule has 2 aromatic heterocycles. The van der Waals surface area contributed by atoms with Gasteiger partial charge in [0.05, 0.1) is 18.7 Å². The number of hydrogen-bond donors (Lipinski definition) is 1. The summed E-state index contributed by atoms with van der Waals surface area (Å²) in [6.45, 7) is 6.57. The minimum atomic E-state index is -0.389. The Morgan fingerprint density at radius 1 is 0.884 bits per heavy atom. The molecule has 0 saturated carbocycles. The first-order chi connectivity index (χ1) is 21.1. The summed E-state index contributed by atoms with van der Waals surface area (Å²) < 4.78 is 7.77. The van der Waals surface area contributed by atoms with Crippen LogP contribution in [0.2, 0.25) is 0 Å². The van der Waals surface area contributed by atoms with Gasteiger partial charge in [-0.25, -0.2) is 4.68 Å². The van der Waals surface area contributed by atoms with E-state index in [0.29, 0.717) is 17.9 Å². The monoisotopic (exact) mass is 575 g/mol. The maximum absolute atomic E-state index is 13.7. The number of piperazine rings is 1. The summed E-state index contributed by atoms with van der Waals surface area (Å²) in [6, 6.07) is 29.4. The number of pyridine rings is 1. The fourth-order valence-electron chi connectivity index (χ4n) is 6.69. The number of nitrogens with zero attached hydrogens (tertiary/aromatic N) is 6. The van der Waals surface area contributed by atoms with Gasteiger partial charge in [-0.2, -0.15) is 0 Å². The quantitative estimate of drug-likeness (QED) is 0.291. The number of aromatic nitrogens is 5. The molecule has 3 aromatic carbocycles. The van der Waals surface area contributed by atoms with Gasteiger partial charge in [0.1, 0.15) is 6.04 Å². The number of aromatic amines is 1. The Morgan fingerprint density at radius 2 is 1.56 bits per heavy atom. The number of benzene rings is 3. The van der Waals surface area contributed by atoms with E-state index in [0.717, 1.165) is 62.1 Å². The highest BCUT2D eigenvalue weighted by Crippen LogP contribution is 2.33. The fourth-order valence-corrected chi connectivity index (χ4v) is 6.69. The lowest BCUT2D eigenvalue weighted by Gasteiger charge is -2.42. The first kappa shape index (κ1) is 27.6. The molecular formula is C34H37N7O2. The van der Waals surface area contributed by atoms with E-state index in [2.05, 4.69) is 103 Å². The van der Waals surface area contributed by atoms with Gasteiger partial charge in [-0.05, 0) is 64.4 Å². The van der Waals surface area contributed by atoms with Crippen molar-refractivity contribution >= 4 is 10.9 Å². The number of nitrogens with one attached hydrogen (secondary N) is 1. The fraction of sp³-hybridized carbons (Fsp3) is 0.353. The zero-order valence-electron chi connectivity index (χ0n) is 24.5. The molecule has 0 amide bonds. The van der Waals surface area contributed by atoms with Crippen LogP contribution in [0.1, 0.15) is 53.0 Å². The summed E-state index contributed by atoms with van der Waals surface area (Å²) in [5, 5.41) is 14.0. The number of fused-ring (bicyclic) bond motifs is 1. The van der Waals surface area contributed by atoms with Crippen LogP contribution in [0.3, 0.4) is 0 Å². The summed E-state index contributed by atoms with van der Waals surface area (Å²) in [5.41, 5.74) is 5.06. The van der Waals surface area contributed by atoms with E-state index in [1.165, 1.54) is 11.1 Å². The summed E-state index contributed by atoms with van der Waals surface area (Å²) >= 11 is 0. The second kappa shape index (κ2) is 12.2. The van der Waals surface area contributed by atoms with Crippen molar-refractivity contribution < 1.29 is 4.74 Å². The van der Waals surface area contributed by atoms with E-state index < -0.39 is 0 Å². The van der Waals surface area contributed by atoms with Crippen LogP contribution in [0.15, 0.2) is 89.7 Å². The molecule has 43 heavy (non-hydrogen) atoms. The molecule has 0 unspecified atom stereocenters. The van der Waals surface area contributed by atoms with Gasteiger partial charge in [-0.3, -0.25) is 14.6 Å². The number of aryl methyl sites for hydroxylation is 1. The van der Waals surface area contributed by atoms with Crippen molar-refractivity contribution in [2.24, 2.45) is 0 Å². The number of hydrogen-bond acceptors (Lipinski definition) is 7. The molecule has 2 aliphatic rings. The van der Waals surface area contributed by atoms with Crippen molar-refractivity contribution in [1.82, 2.24) is 35.0 Å². The third-order valence-corrected chi connectivity index (χ3v) is 8.84. The van der Waals surface area contributed by atoms with E-state index in [1.807, 2.05) is 23.7 Å². The van der Waals surface area contributed by atoms with E-state index >= 15 is 0 Å². The lowest BCUT2D eigenvalue weighted by atomic mass is 9.96. The minimum Gasteiger partial charge on any atom is -0.376 e. The van der Waals surface area contributed by atoms with Gasteiger partial charge >= 0.3 is 0 Å². The van der Waals surface area contributed by atoms with Gasteiger partial charge in [0, 0.05) is 43.9 Å². The maximum atomic E-state index is 13.7. The van der Waals surface area contributed by atoms with Gasteiger partial charge in [-0.15, -0.1) is 5.10 Å². The predicted molar refractivity (Wildman–Crippen MR) is 166 cm³/mol. The van der Waals surface area contributed by atoms with Gasteiger partial charge in [0.25, 0.3) is 5.56 Å². The van der Waals surface area contributed by atoms with Crippen molar-refractivity contribution in [2.45, 2.75) is 44.5 Å². The van der Waals surface area contributed by atoms with Crippen LogP contribution in [0.4, 0.5) is 0 Å². The predicted octanol–water partition coefficient (Wildman–Crippen LogP) is 4.50. The topological polar surface area (TPSA) is 92.2 Å².